The largest absolute Gasteiger partial charge is 0.399 e. The lowest BCUT2D eigenvalue weighted by Crippen LogP contribution is -2.22. The van der Waals surface area contributed by atoms with Crippen LogP contribution in [0.15, 0.2) is 32.9 Å². The predicted octanol–water partition coefficient (Wildman–Crippen LogP) is 2.96. The van der Waals surface area contributed by atoms with E-state index in [1.807, 2.05) is 13.2 Å². The molecule has 0 bridgehead atoms. The molecule has 5 nitrogen and oxygen atoms in total. The Bertz CT molecular complexity index is 585. The molecule has 2 aromatic rings. The number of anilines is 2. The summed E-state index contributed by atoms with van der Waals surface area (Å²) in [5, 5.41) is 10.7. The van der Waals surface area contributed by atoms with Crippen LogP contribution < -0.4 is 11.1 Å². The maximum atomic E-state index is 12.1. The van der Waals surface area contributed by atoms with Crippen molar-refractivity contribution in [1.29, 1.82) is 0 Å². The molecule has 20 heavy (non-hydrogen) atoms. The standard InChI is InChI=1S/C12H14N4OS3/c1-7(19-12-16-15-11(18-2)20-12)10(17)14-9-5-3-8(13)4-6-9/h3-7H,13H2,1-2H3,(H,14,17). The molecule has 0 radical (unpaired) electrons. The first-order chi connectivity index (χ1) is 9.58. The Morgan fingerprint density at radius 1 is 1.30 bits per heavy atom. The summed E-state index contributed by atoms with van der Waals surface area (Å²) in [6.07, 6.45) is 1.95. The minimum absolute atomic E-state index is 0.0688. The molecule has 0 aliphatic heterocycles. The molecule has 1 aromatic carbocycles. The van der Waals surface area contributed by atoms with Crippen LogP contribution in [-0.4, -0.2) is 27.6 Å². The first-order valence-electron chi connectivity index (χ1n) is 5.79. The molecule has 1 atom stereocenters. The van der Waals surface area contributed by atoms with E-state index in [0.717, 1.165) is 14.4 Å². The van der Waals surface area contributed by atoms with Gasteiger partial charge in [-0.15, -0.1) is 10.2 Å². The van der Waals surface area contributed by atoms with E-state index >= 15 is 0 Å². The number of thioether (sulfide) groups is 2. The first kappa shape index (κ1) is 15.1. The number of nitrogen functional groups attached to an aromatic ring is 1. The van der Waals surface area contributed by atoms with E-state index in [2.05, 4.69) is 15.5 Å². The highest BCUT2D eigenvalue weighted by molar-refractivity contribution is 8.03. The van der Waals surface area contributed by atoms with E-state index < -0.39 is 0 Å². The predicted molar refractivity (Wildman–Crippen MR) is 86.5 cm³/mol. The zero-order chi connectivity index (χ0) is 14.5. The number of hydrogen-bond acceptors (Lipinski definition) is 7. The van der Waals surface area contributed by atoms with Crippen molar-refractivity contribution >= 4 is 52.1 Å². The summed E-state index contributed by atoms with van der Waals surface area (Å²) in [6, 6.07) is 7.06. The first-order valence-corrected chi connectivity index (χ1v) is 8.71. The van der Waals surface area contributed by atoms with Crippen molar-refractivity contribution in [3.8, 4) is 0 Å². The zero-order valence-corrected chi connectivity index (χ0v) is 13.4. The van der Waals surface area contributed by atoms with Crippen LogP contribution in [-0.2, 0) is 4.79 Å². The quantitative estimate of drug-likeness (QED) is 0.649. The summed E-state index contributed by atoms with van der Waals surface area (Å²) < 4.78 is 1.70. The number of aromatic nitrogens is 2. The van der Waals surface area contributed by atoms with Gasteiger partial charge in [0.15, 0.2) is 8.68 Å². The Morgan fingerprint density at radius 3 is 2.55 bits per heavy atom. The SMILES string of the molecule is CSc1nnc(SC(C)C(=O)Nc2ccc(N)cc2)s1. The second-order valence-corrected chi connectivity index (χ2v) is 7.53. The number of nitrogens with zero attached hydrogens (tertiary/aromatic N) is 2. The van der Waals surface area contributed by atoms with Gasteiger partial charge in [-0.2, -0.15) is 0 Å². The van der Waals surface area contributed by atoms with E-state index in [1.165, 1.54) is 23.1 Å². The van der Waals surface area contributed by atoms with Crippen molar-refractivity contribution in [1.82, 2.24) is 10.2 Å². The lowest BCUT2D eigenvalue weighted by atomic mass is 10.3. The summed E-state index contributed by atoms with van der Waals surface area (Å²) in [5.74, 6) is -0.0688. The number of carbonyl (C=O) groups is 1. The van der Waals surface area contributed by atoms with Gasteiger partial charge in [-0.25, -0.2) is 0 Å². The third-order valence-electron chi connectivity index (χ3n) is 2.39. The van der Waals surface area contributed by atoms with Gasteiger partial charge in [0.1, 0.15) is 0 Å². The fraction of sp³-hybridized carbons (Fsp3) is 0.250. The third-order valence-corrected chi connectivity index (χ3v) is 5.47. The van der Waals surface area contributed by atoms with Gasteiger partial charge in [0.25, 0.3) is 0 Å². The Hall–Kier alpha value is -1.25. The number of nitrogens with two attached hydrogens (primary N) is 1. The Morgan fingerprint density at radius 2 is 1.95 bits per heavy atom. The molecule has 0 aliphatic carbocycles. The number of nitrogens with one attached hydrogen (secondary N) is 1. The molecular weight excluding hydrogens is 312 g/mol. The van der Waals surface area contributed by atoms with Crippen LogP contribution in [0.25, 0.3) is 0 Å². The maximum absolute atomic E-state index is 12.1. The van der Waals surface area contributed by atoms with Crippen LogP contribution in [0.1, 0.15) is 6.92 Å². The normalized spacial score (nSPS) is 12.1. The second kappa shape index (κ2) is 6.96. The molecule has 2 rings (SSSR count). The van der Waals surface area contributed by atoms with Gasteiger partial charge < -0.3 is 11.1 Å². The second-order valence-electron chi connectivity index (χ2n) is 3.91. The fourth-order valence-electron chi connectivity index (χ4n) is 1.34. The van der Waals surface area contributed by atoms with Crippen LogP contribution in [0.4, 0.5) is 11.4 Å². The monoisotopic (exact) mass is 326 g/mol. The van der Waals surface area contributed by atoms with Crippen molar-refractivity contribution in [2.75, 3.05) is 17.3 Å². The van der Waals surface area contributed by atoms with Crippen LogP contribution in [0.2, 0.25) is 0 Å². The molecule has 1 unspecified atom stereocenters. The summed E-state index contributed by atoms with van der Waals surface area (Å²) >= 11 is 4.45. The minimum atomic E-state index is -0.241. The topological polar surface area (TPSA) is 80.9 Å². The van der Waals surface area contributed by atoms with Gasteiger partial charge in [0.05, 0.1) is 5.25 Å². The number of carbonyl (C=O) groups excluding carboxylic acids is 1. The third kappa shape index (κ3) is 4.12. The molecule has 0 spiro atoms. The lowest BCUT2D eigenvalue weighted by Gasteiger charge is -2.10. The molecular formula is C12H14N4OS3. The number of amides is 1. The van der Waals surface area contributed by atoms with Gasteiger partial charge in [-0.3, -0.25) is 4.79 Å². The molecule has 8 heteroatoms. The van der Waals surface area contributed by atoms with Crippen LogP contribution in [0.3, 0.4) is 0 Å². The Labute approximate surface area is 129 Å². The Kier molecular flexibility index (Phi) is 5.27. The fourth-order valence-corrected chi connectivity index (χ4v) is 3.92. The highest BCUT2D eigenvalue weighted by atomic mass is 32.2. The summed E-state index contributed by atoms with van der Waals surface area (Å²) in [4.78, 5) is 12.1. The van der Waals surface area contributed by atoms with Gasteiger partial charge in [0, 0.05) is 11.4 Å². The van der Waals surface area contributed by atoms with Crippen LogP contribution >= 0.6 is 34.9 Å². The molecule has 0 saturated carbocycles. The van der Waals surface area contributed by atoms with Crippen molar-refractivity contribution < 1.29 is 4.79 Å². The van der Waals surface area contributed by atoms with Gasteiger partial charge >= 0.3 is 0 Å². The molecule has 1 amide bonds. The highest BCUT2D eigenvalue weighted by Crippen LogP contribution is 2.30. The molecule has 0 fully saturated rings. The van der Waals surface area contributed by atoms with E-state index in [-0.39, 0.29) is 11.2 Å². The van der Waals surface area contributed by atoms with Crippen molar-refractivity contribution in [2.45, 2.75) is 20.9 Å². The summed E-state index contributed by atoms with van der Waals surface area (Å²) in [5.41, 5.74) is 7.01. The van der Waals surface area contributed by atoms with Gasteiger partial charge in [0.2, 0.25) is 5.91 Å². The highest BCUT2D eigenvalue weighted by Gasteiger charge is 2.17. The maximum Gasteiger partial charge on any atom is 0.237 e. The van der Waals surface area contributed by atoms with Crippen LogP contribution in [0, 0.1) is 0 Å². The zero-order valence-electron chi connectivity index (χ0n) is 11.0. The molecule has 0 aliphatic rings. The molecule has 106 valence electrons. The van der Waals surface area contributed by atoms with Crippen molar-refractivity contribution in [3.63, 3.8) is 0 Å². The number of rotatable bonds is 5. The lowest BCUT2D eigenvalue weighted by molar-refractivity contribution is -0.115. The molecule has 1 aromatic heterocycles. The van der Waals surface area contributed by atoms with E-state index in [4.69, 9.17) is 5.73 Å². The average molecular weight is 326 g/mol. The van der Waals surface area contributed by atoms with Crippen molar-refractivity contribution in [2.24, 2.45) is 0 Å². The smallest absolute Gasteiger partial charge is 0.237 e. The summed E-state index contributed by atoms with van der Waals surface area (Å²) in [6.45, 7) is 1.84. The number of benzene rings is 1. The summed E-state index contributed by atoms with van der Waals surface area (Å²) in [7, 11) is 0. The van der Waals surface area contributed by atoms with E-state index in [0.29, 0.717) is 5.69 Å². The number of hydrogen-bond donors (Lipinski definition) is 2. The average Bonchev–Trinajstić information content (AvgIpc) is 2.89. The molecule has 1 heterocycles. The van der Waals surface area contributed by atoms with Crippen LogP contribution in [0.5, 0.6) is 0 Å². The Balaban J connectivity index is 1.93. The molecule has 3 N–H and O–H groups in total. The minimum Gasteiger partial charge on any atom is -0.399 e. The van der Waals surface area contributed by atoms with E-state index in [1.54, 1.807) is 36.0 Å². The van der Waals surface area contributed by atoms with E-state index in [9.17, 15) is 4.79 Å². The van der Waals surface area contributed by atoms with Gasteiger partial charge in [-0.05, 0) is 37.4 Å². The molecule has 0 saturated heterocycles. The van der Waals surface area contributed by atoms with Crippen molar-refractivity contribution in [3.05, 3.63) is 24.3 Å². The van der Waals surface area contributed by atoms with Gasteiger partial charge in [-0.1, -0.05) is 34.9 Å².